The molecule has 0 bridgehead atoms. The average molecular weight is 248 g/mol. The van der Waals surface area contributed by atoms with Gasteiger partial charge < -0.3 is 10.1 Å². The highest BCUT2D eigenvalue weighted by Gasteiger charge is 2.18. The summed E-state index contributed by atoms with van der Waals surface area (Å²) in [5.74, 6) is 1.81. The maximum Gasteiger partial charge on any atom is 0.119 e. The van der Waals surface area contributed by atoms with E-state index in [1.165, 1.54) is 31.5 Å². The van der Waals surface area contributed by atoms with Gasteiger partial charge >= 0.3 is 0 Å². The topological polar surface area (TPSA) is 24.5 Å². The van der Waals surface area contributed by atoms with Gasteiger partial charge in [-0.15, -0.1) is 0 Å². The summed E-state index contributed by atoms with van der Waals surface area (Å²) in [6.45, 7) is 4.63. The van der Waals surface area contributed by atoms with Gasteiger partial charge in [-0.2, -0.15) is 0 Å². The van der Waals surface area contributed by atoms with E-state index in [0.717, 1.165) is 24.8 Å². The Morgan fingerprint density at radius 2 is 2.11 bits per heavy atom. The van der Waals surface area contributed by atoms with Gasteiger partial charge in [0.25, 0.3) is 0 Å². The van der Waals surface area contributed by atoms with E-state index in [4.69, 9.17) is 4.74 Å². The molecule has 1 aliphatic heterocycles. The van der Waals surface area contributed by atoms with Crippen LogP contribution >= 0.6 is 0 Å². The van der Waals surface area contributed by atoms with Gasteiger partial charge in [-0.05, 0) is 63.1 Å². The molecular formula is C15H24N2O. The van der Waals surface area contributed by atoms with Crippen LogP contribution in [0.4, 0.5) is 0 Å². The van der Waals surface area contributed by atoms with Crippen molar-refractivity contribution < 1.29 is 4.74 Å². The molecule has 0 spiro atoms. The molecule has 0 saturated carbocycles. The Bertz CT molecular complexity index is 359. The normalized spacial score (nSPS) is 17.9. The lowest BCUT2D eigenvalue weighted by atomic mass is 9.96. The molecule has 1 N–H and O–H groups in total. The number of ether oxygens (including phenoxy) is 1. The van der Waals surface area contributed by atoms with Crippen molar-refractivity contribution >= 4 is 0 Å². The van der Waals surface area contributed by atoms with Crippen LogP contribution in [-0.4, -0.2) is 38.7 Å². The molecule has 1 saturated heterocycles. The van der Waals surface area contributed by atoms with Crippen molar-refractivity contribution in [2.75, 3.05) is 33.8 Å². The Morgan fingerprint density at radius 3 is 2.78 bits per heavy atom. The molecule has 100 valence electrons. The summed E-state index contributed by atoms with van der Waals surface area (Å²) in [6.07, 6.45) is 2.62. The third-order valence-electron chi connectivity index (χ3n) is 3.74. The SMILES string of the molecule is CNCC1CCN(Cc2cccc(OC)c2)CC1. The van der Waals surface area contributed by atoms with Gasteiger partial charge in [-0.3, -0.25) is 4.90 Å². The van der Waals surface area contributed by atoms with Crippen molar-refractivity contribution in [3.05, 3.63) is 29.8 Å². The monoisotopic (exact) mass is 248 g/mol. The molecule has 0 aliphatic carbocycles. The summed E-state index contributed by atoms with van der Waals surface area (Å²) in [4.78, 5) is 2.54. The summed E-state index contributed by atoms with van der Waals surface area (Å²) in [5.41, 5.74) is 1.35. The van der Waals surface area contributed by atoms with Crippen LogP contribution in [-0.2, 0) is 6.54 Å². The number of nitrogens with one attached hydrogen (secondary N) is 1. The number of hydrogen-bond donors (Lipinski definition) is 1. The van der Waals surface area contributed by atoms with Gasteiger partial charge in [0.1, 0.15) is 5.75 Å². The molecule has 0 radical (unpaired) electrons. The Labute approximate surface area is 110 Å². The van der Waals surface area contributed by atoms with Crippen molar-refractivity contribution in [1.29, 1.82) is 0 Å². The maximum absolute atomic E-state index is 5.27. The highest BCUT2D eigenvalue weighted by molar-refractivity contribution is 5.28. The summed E-state index contributed by atoms with van der Waals surface area (Å²) in [6, 6.07) is 8.40. The van der Waals surface area contributed by atoms with Crippen LogP contribution in [0.3, 0.4) is 0 Å². The van der Waals surface area contributed by atoms with Crippen LogP contribution in [0.1, 0.15) is 18.4 Å². The van der Waals surface area contributed by atoms with Crippen molar-refractivity contribution in [3.8, 4) is 5.75 Å². The molecule has 1 aliphatic rings. The first-order valence-corrected chi connectivity index (χ1v) is 6.81. The highest BCUT2D eigenvalue weighted by Crippen LogP contribution is 2.20. The van der Waals surface area contributed by atoms with Crippen LogP contribution in [0.25, 0.3) is 0 Å². The molecule has 1 fully saturated rings. The molecule has 3 nitrogen and oxygen atoms in total. The van der Waals surface area contributed by atoms with Gasteiger partial charge in [-0.1, -0.05) is 12.1 Å². The standard InChI is InChI=1S/C15H24N2O/c1-16-11-13-6-8-17(9-7-13)12-14-4-3-5-15(10-14)18-2/h3-5,10,13,16H,6-9,11-12H2,1-2H3. The zero-order valence-corrected chi connectivity index (χ0v) is 11.5. The second-order valence-corrected chi connectivity index (χ2v) is 5.13. The molecule has 1 aromatic carbocycles. The third-order valence-corrected chi connectivity index (χ3v) is 3.74. The lowest BCUT2D eigenvalue weighted by Gasteiger charge is -2.31. The lowest BCUT2D eigenvalue weighted by Crippen LogP contribution is -2.36. The number of rotatable bonds is 5. The van der Waals surface area contributed by atoms with Crippen LogP contribution < -0.4 is 10.1 Å². The zero-order valence-electron chi connectivity index (χ0n) is 11.5. The van der Waals surface area contributed by atoms with Gasteiger partial charge in [0.2, 0.25) is 0 Å². The van der Waals surface area contributed by atoms with E-state index >= 15 is 0 Å². The summed E-state index contributed by atoms with van der Waals surface area (Å²) in [7, 11) is 3.77. The number of likely N-dealkylation sites (tertiary alicyclic amines) is 1. The first kappa shape index (κ1) is 13.4. The van der Waals surface area contributed by atoms with Gasteiger partial charge in [0, 0.05) is 6.54 Å². The largest absolute Gasteiger partial charge is 0.497 e. The predicted molar refractivity (Wildman–Crippen MR) is 74.9 cm³/mol. The number of hydrogen-bond acceptors (Lipinski definition) is 3. The number of nitrogens with zero attached hydrogens (tertiary/aromatic N) is 1. The Kier molecular flexibility index (Phi) is 5.02. The van der Waals surface area contributed by atoms with E-state index in [9.17, 15) is 0 Å². The Balaban J connectivity index is 1.83. The van der Waals surface area contributed by atoms with Crippen LogP contribution in [0, 0.1) is 5.92 Å². The first-order chi connectivity index (χ1) is 8.81. The van der Waals surface area contributed by atoms with Crippen molar-refractivity contribution in [2.24, 2.45) is 5.92 Å². The van der Waals surface area contributed by atoms with Gasteiger partial charge in [0.15, 0.2) is 0 Å². The van der Waals surface area contributed by atoms with Crippen LogP contribution in [0.2, 0.25) is 0 Å². The van der Waals surface area contributed by atoms with Crippen LogP contribution in [0.15, 0.2) is 24.3 Å². The molecule has 1 heterocycles. The minimum atomic E-state index is 0.858. The molecular weight excluding hydrogens is 224 g/mol. The predicted octanol–water partition coefficient (Wildman–Crippen LogP) is 2.13. The molecule has 0 atom stereocenters. The minimum absolute atomic E-state index is 0.858. The molecule has 0 aromatic heterocycles. The molecule has 3 heteroatoms. The fraction of sp³-hybridized carbons (Fsp3) is 0.600. The number of benzene rings is 1. The Hall–Kier alpha value is -1.06. The lowest BCUT2D eigenvalue weighted by molar-refractivity contribution is 0.176. The fourth-order valence-electron chi connectivity index (χ4n) is 2.67. The molecule has 0 amide bonds. The van der Waals surface area contributed by atoms with E-state index in [-0.39, 0.29) is 0 Å². The minimum Gasteiger partial charge on any atom is -0.497 e. The van der Waals surface area contributed by atoms with Crippen molar-refractivity contribution in [2.45, 2.75) is 19.4 Å². The van der Waals surface area contributed by atoms with Gasteiger partial charge in [-0.25, -0.2) is 0 Å². The van der Waals surface area contributed by atoms with E-state index in [1.54, 1.807) is 7.11 Å². The fourth-order valence-corrected chi connectivity index (χ4v) is 2.67. The summed E-state index contributed by atoms with van der Waals surface area (Å²) >= 11 is 0. The molecule has 18 heavy (non-hydrogen) atoms. The summed E-state index contributed by atoms with van der Waals surface area (Å²) in [5, 5.41) is 3.28. The van der Waals surface area contributed by atoms with E-state index in [1.807, 2.05) is 13.1 Å². The smallest absolute Gasteiger partial charge is 0.119 e. The summed E-state index contributed by atoms with van der Waals surface area (Å²) < 4.78 is 5.27. The van der Waals surface area contributed by atoms with E-state index in [0.29, 0.717) is 0 Å². The Morgan fingerprint density at radius 1 is 1.33 bits per heavy atom. The number of methoxy groups -OCH3 is 1. The molecule has 1 aromatic rings. The van der Waals surface area contributed by atoms with E-state index < -0.39 is 0 Å². The van der Waals surface area contributed by atoms with Gasteiger partial charge in [0.05, 0.1) is 7.11 Å². The average Bonchev–Trinajstić information content (AvgIpc) is 2.42. The molecule has 2 rings (SSSR count). The van der Waals surface area contributed by atoms with Crippen molar-refractivity contribution in [3.63, 3.8) is 0 Å². The zero-order chi connectivity index (χ0) is 12.8. The third kappa shape index (κ3) is 3.72. The molecule has 0 unspecified atom stereocenters. The second-order valence-electron chi connectivity index (χ2n) is 5.13. The van der Waals surface area contributed by atoms with Crippen LogP contribution in [0.5, 0.6) is 5.75 Å². The second kappa shape index (κ2) is 6.76. The van der Waals surface area contributed by atoms with E-state index in [2.05, 4.69) is 28.4 Å². The quantitative estimate of drug-likeness (QED) is 0.864. The number of piperidine rings is 1. The van der Waals surface area contributed by atoms with Crippen molar-refractivity contribution in [1.82, 2.24) is 10.2 Å². The first-order valence-electron chi connectivity index (χ1n) is 6.81. The highest BCUT2D eigenvalue weighted by atomic mass is 16.5. The maximum atomic E-state index is 5.27.